The highest BCUT2D eigenvalue weighted by Gasteiger charge is 2.14. The zero-order valence-electron chi connectivity index (χ0n) is 26.4. The Morgan fingerprint density at radius 1 is 0.583 bits per heavy atom. The number of nitriles is 1. The first-order chi connectivity index (χ1) is 23.7. The molecular weight excluding hydrogens is 585 g/mol. The number of nitrogens with zero attached hydrogens (tertiary/aromatic N) is 2. The first kappa shape index (κ1) is 30.4. The highest BCUT2D eigenvalue weighted by molar-refractivity contribution is 6.05. The van der Waals surface area contributed by atoms with E-state index in [1.807, 2.05) is 72.8 Å². The van der Waals surface area contributed by atoms with Crippen LogP contribution in [0.5, 0.6) is 0 Å². The third-order valence-corrected chi connectivity index (χ3v) is 8.66. The number of amidine groups is 1. The van der Waals surface area contributed by atoms with Crippen LogP contribution in [0.3, 0.4) is 0 Å². The molecule has 1 atom stereocenters. The van der Waals surface area contributed by atoms with E-state index >= 15 is 0 Å². The summed E-state index contributed by atoms with van der Waals surface area (Å²) in [6.07, 6.45) is -0.318. The van der Waals surface area contributed by atoms with Gasteiger partial charge in [0.1, 0.15) is 12.0 Å². The lowest BCUT2D eigenvalue weighted by Crippen LogP contribution is -2.23. The van der Waals surface area contributed by atoms with Crippen molar-refractivity contribution in [2.75, 3.05) is 0 Å². The van der Waals surface area contributed by atoms with E-state index in [0.29, 0.717) is 17.9 Å². The Morgan fingerprint density at radius 3 is 1.83 bits per heavy atom. The minimum absolute atomic E-state index is 0.318. The molecule has 0 aromatic heterocycles. The van der Waals surface area contributed by atoms with Gasteiger partial charge in [0.25, 0.3) is 0 Å². The molecule has 0 heterocycles. The fourth-order valence-corrected chi connectivity index (χ4v) is 6.12. The Balaban J connectivity index is 1.21. The highest BCUT2D eigenvalue weighted by atomic mass is 15.1. The molecule has 0 amide bonds. The standard InChI is InChI=1S/C44H34N4/c45-29-31-18-20-33(21-19-31)37-14-9-15-38(28-37)40-27-26-39(41-16-7-8-17-42(40)41)34-22-24-36(25-23-34)44(47-30-32-10-3-1-4-11-32)48-43(46)35-12-5-2-6-13-35/h1-28,44,47H,30H2,(H2,46,48). The zero-order chi connectivity index (χ0) is 32.7. The molecule has 7 rings (SSSR count). The molecule has 0 fully saturated rings. The molecule has 0 saturated carbocycles. The van der Waals surface area contributed by atoms with Gasteiger partial charge in [-0.15, -0.1) is 0 Å². The van der Waals surface area contributed by atoms with Gasteiger partial charge in [0.15, 0.2) is 0 Å². The minimum atomic E-state index is -0.318. The maximum absolute atomic E-state index is 9.20. The molecule has 0 radical (unpaired) electrons. The molecule has 7 aromatic rings. The summed E-state index contributed by atoms with van der Waals surface area (Å²) in [6.45, 7) is 0.664. The van der Waals surface area contributed by atoms with Crippen molar-refractivity contribution in [1.29, 1.82) is 5.26 Å². The van der Waals surface area contributed by atoms with Crippen LogP contribution in [0.2, 0.25) is 0 Å². The van der Waals surface area contributed by atoms with Crippen molar-refractivity contribution >= 4 is 16.6 Å². The fourth-order valence-electron chi connectivity index (χ4n) is 6.12. The molecule has 7 aromatic carbocycles. The number of nitrogens with two attached hydrogens (primary N) is 1. The molecule has 4 nitrogen and oxygen atoms in total. The molecule has 0 spiro atoms. The molecule has 3 N–H and O–H groups in total. The number of fused-ring (bicyclic) bond motifs is 1. The Kier molecular flexibility index (Phi) is 8.87. The van der Waals surface area contributed by atoms with Crippen LogP contribution in [0.1, 0.15) is 28.4 Å². The Bertz CT molecular complexity index is 2230. The van der Waals surface area contributed by atoms with E-state index in [1.54, 1.807) is 0 Å². The first-order valence-electron chi connectivity index (χ1n) is 16.1. The summed E-state index contributed by atoms with van der Waals surface area (Å²) in [5, 5.41) is 15.2. The molecule has 0 aliphatic carbocycles. The number of benzene rings is 7. The predicted molar refractivity (Wildman–Crippen MR) is 198 cm³/mol. The van der Waals surface area contributed by atoms with E-state index in [1.165, 1.54) is 27.5 Å². The zero-order valence-corrected chi connectivity index (χ0v) is 26.4. The van der Waals surface area contributed by atoms with E-state index in [-0.39, 0.29) is 6.17 Å². The van der Waals surface area contributed by atoms with Crippen molar-refractivity contribution in [2.24, 2.45) is 10.7 Å². The van der Waals surface area contributed by atoms with Crippen molar-refractivity contribution in [3.05, 3.63) is 192 Å². The smallest absolute Gasteiger partial charge is 0.128 e. The van der Waals surface area contributed by atoms with Crippen LogP contribution in [0.4, 0.5) is 0 Å². The van der Waals surface area contributed by atoms with Gasteiger partial charge in [-0.3, -0.25) is 5.32 Å². The third-order valence-electron chi connectivity index (χ3n) is 8.66. The summed E-state index contributed by atoms with van der Waals surface area (Å²) in [7, 11) is 0. The van der Waals surface area contributed by atoms with Gasteiger partial charge < -0.3 is 5.73 Å². The molecule has 0 aliphatic rings. The summed E-state index contributed by atoms with van der Waals surface area (Å²) >= 11 is 0. The van der Waals surface area contributed by atoms with E-state index in [2.05, 4.69) is 108 Å². The third kappa shape index (κ3) is 6.64. The van der Waals surface area contributed by atoms with Crippen LogP contribution < -0.4 is 11.1 Å². The van der Waals surface area contributed by atoms with Crippen molar-refractivity contribution < 1.29 is 0 Å². The van der Waals surface area contributed by atoms with Crippen LogP contribution in [0.15, 0.2) is 175 Å². The number of aliphatic imine (C=N–C) groups is 1. The molecule has 0 bridgehead atoms. The molecule has 4 heteroatoms. The maximum atomic E-state index is 9.20. The maximum Gasteiger partial charge on any atom is 0.128 e. The average molecular weight is 619 g/mol. The van der Waals surface area contributed by atoms with E-state index in [0.717, 1.165) is 33.4 Å². The van der Waals surface area contributed by atoms with Crippen molar-refractivity contribution in [2.45, 2.75) is 12.7 Å². The lowest BCUT2D eigenvalue weighted by atomic mass is 9.90. The van der Waals surface area contributed by atoms with E-state index < -0.39 is 0 Å². The summed E-state index contributed by atoms with van der Waals surface area (Å²) in [4.78, 5) is 4.94. The number of hydrogen-bond acceptors (Lipinski definition) is 3. The van der Waals surface area contributed by atoms with Gasteiger partial charge in [-0.2, -0.15) is 5.26 Å². The largest absolute Gasteiger partial charge is 0.383 e. The van der Waals surface area contributed by atoms with Crippen LogP contribution in [0.25, 0.3) is 44.2 Å². The summed E-state index contributed by atoms with van der Waals surface area (Å²) in [5.74, 6) is 0.495. The summed E-state index contributed by atoms with van der Waals surface area (Å²) < 4.78 is 0. The van der Waals surface area contributed by atoms with Crippen LogP contribution in [0, 0.1) is 11.3 Å². The Morgan fingerprint density at radius 2 is 1.17 bits per heavy atom. The number of nitrogens with one attached hydrogen (secondary N) is 1. The first-order valence-corrected chi connectivity index (χ1v) is 16.1. The fraction of sp³-hybridized carbons (Fsp3) is 0.0455. The SMILES string of the molecule is N#Cc1ccc(-c2cccc(-c3ccc(-c4ccc(C(/N=C(\N)c5ccccc5)NCc5ccccc5)cc4)c4ccccc34)c2)cc1. The van der Waals surface area contributed by atoms with E-state index in [4.69, 9.17) is 10.7 Å². The molecule has 230 valence electrons. The lowest BCUT2D eigenvalue weighted by molar-refractivity contribution is 0.554. The molecule has 0 aliphatic heterocycles. The van der Waals surface area contributed by atoms with Crippen molar-refractivity contribution in [1.82, 2.24) is 5.32 Å². The topological polar surface area (TPSA) is 74.2 Å². The summed E-state index contributed by atoms with van der Waals surface area (Å²) in [6, 6.07) is 60.4. The van der Waals surface area contributed by atoms with Gasteiger partial charge >= 0.3 is 0 Å². The second-order valence-electron chi connectivity index (χ2n) is 11.7. The molecular formula is C44H34N4. The lowest BCUT2D eigenvalue weighted by Gasteiger charge is -2.18. The van der Waals surface area contributed by atoms with E-state index in [9.17, 15) is 5.26 Å². The molecule has 48 heavy (non-hydrogen) atoms. The monoisotopic (exact) mass is 618 g/mol. The minimum Gasteiger partial charge on any atom is -0.383 e. The second kappa shape index (κ2) is 14.0. The van der Waals surface area contributed by atoms with Crippen LogP contribution >= 0.6 is 0 Å². The van der Waals surface area contributed by atoms with Gasteiger partial charge in [-0.25, -0.2) is 4.99 Å². The van der Waals surface area contributed by atoms with Gasteiger partial charge in [0, 0.05) is 12.1 Å². The molecule has 0 saturated heterocycles. The predicted octanol–water partition coefficient (Wildman–Crippen LogP) is 9.91. The number of rotatable bonds is 9. The van der Waals surface area contributed by atoms with Gasteiger partial charge in [-0.1, -0.05) is 152 Å². The summed E-state index contributed by atoms with van der Waals surface area (Å²) in [5.41, 5.74) is 17.1. The number of hydrogen-bond donors (Lipinski definition) is 2. The molecule has 1 unspecified atom stereocenters. The van der Waals surface area contributed by atoms with Crippen molar-refractivity contribution in [3.8, 4) is 39.4 Å². The average Bonchev–Trinajstić information content (AvgIpc) is 3.17. The second-order valence-corrected chi connectivity index (χ2v) is 11.7. The Hall–Kier alpha value is -6.28. The normalized spacial score (nSPS) is 12.0. The Labute approximate surface area is 281 Å². The quantitative estimate of drug-likeness (QED) is 0.125. The highest BCUT2D eigenvalue weighted by Crippen LogP contribution is 2.37. The van der Waals surface area contributed by atoms with Crippen LogP contribution in [-0.4, -0.2) is 5.84 Å². The van der Waals surface area contributed by atoms with Gasteiger partial charge in [-0.05, 0) is 73.5 Å². The van der Waals surface area contributed by atoms with Crippen LogP contribution in [-0.2, 0) is 6.54 Å². The van der Waals surface area contributed by atoms with Gasteiger partial charge in [0.2, 0.25) is 0 Å². The van der Waals surface area contributed by atoms with Crippen molar-refractivity contribution in [3.63, 3.8) is 0 Å². The van der Waals surface area contributed by atoms with Gasteiger partial charge in [0.05, 0.1) is 11.6 Å².